The van der Waals surface area contributed by atoms with Gasteiger partial charge in [0.25, 0.3) is 5.91 Å². The summed E-state index contributed by atoms with van der Waals surface area (Å²) in [5, 5.41) is 14.9. The largest absolute Gasteiger partial charge is 0.497 e. The van der Waals surface area contributed by atoms with Crippen LogP contribution in [0, 0.1) is 35.0 Å². The number of piperidine rings is 1. The molecule has 35 heavy (non-hydrogen) atoms. The Kier molecular flexibility index (Phi) is 7.80. The molecule has 2 N–H and O–H groups in total. The number of rotatable bonds is 5. The average Bonchev–Trinajstić information content (AvgIpc) is 2.85. The van der Waals surface area contributed by atoms with Crippen molar-refractivity contribution in [2.24, 2.45) is 35.0 Å². The first-order chi connectivity index (χ1) is 16.6. The van der Waals surface area contributed by atoms with Crippen molar-refractivity contribution in [2.45, 2.75) is 78.4 Å². The summed E-state index contributed by atoms with van der Waals surface area (Å²) in [6.07, 6.45) is 5.41. The molecule has 3 aliphatic rings. The molecule has 4 rings (SSSR count). The highest BCUT2D eigenvalue weighted by molar-refractivity contribution is 5.94. The topological polar surface area (TPSA) is 78.9 Å². The van der Waals surface area contributed by atoms with Gasteiger partial charge >= 0.3 is 0 Å². The van der Waals surface area contributed by atoms with E-state index in [9.17, 15) is 14.7 Å². The molecule has 6 heteroatoms. The average molecular weight is 485 g/mol. The number of aliphatic hydroxyl groups is 1. The summed E-state index contributed by atoms with van der Waals surface area (Å²) in [6, 6.07) is 7.17. The number of carbonyl (C=O) groups excluding carboxylic acids is 2. The summed E-state index contributed by atoms with van der Waals surface area (Å²) in [4.78, 5) is 28.3. The highest BCUT2D eigenvalue weighted by Gasteiger charge is 2.54. The van der Waals surface area contributed by atoms with Gasteiger partial charge in [0.05, 0.1) is 13.2 Å². The van der Waals surface area contributed by atoms with Crippen LogP contribution in [0.1, 0.15) is 76.6 Å². The molecule has 6 nitrogen and oxygen atoms in total. The quantitative estimate of drug-likeness (QED) is 0.645. The molecule has 2 saturated carbocycles. The van der Waals surface area contributed by atoms with E-state index in [1.54, 1.807) is 31.4 Å². The summed E-state index contributed by atoms with van der Waals surface area (Å²) in [7, 11) is 1.61. The summed E-state index contributed by atoms with van der Waals surface area (Å²) in [6.45, 7) is 10.4. The number of methoxy groups -OCH3 is 1. The molecule has 1 aromatic rings. The Morgan fingerprint density at radius 1 is 1.09 bits per heavy atom. The number of nitrogens with zero attached hydrogens (tertiary/aromatic N) is 1. The van der Waals surface area contributed by atoms with Crippen molar-refractivity contribution in [2.75, 3.05) is 20.2 Å². The number of benzene rings is 1. The van der Waals surface area contributed by atoms with Crippen LogP contribution in [0.4, 0.5) is 0 Å². The Morgan fingerprint density at radius 2 is 1.71 bits per heavy atom. The Balaban J connectivity index is 1.44. The van der Waals surface area contributed by atoms with Crippen LogP contribution in [0.2, 0.25) is 0 Å². The Hall–Kier alpha value is -2.08. The third-order valence-corrected chi connectivity index (χ3v) is 9.68. The summed E-state index contributed by atoms with van der Waals surface area (Å²) in [5.74, 6) is 1.52. The van der Waals surface area contributed by atoms with Crippen molar-refractivity contribution in [3.05, 3.63) is 29.8 Å². The molecule has 3 fully saturated rings. The van der Waals surface area contributed by atoms with Gasteiger partial charge in [-0.2, -0.15) is 0 Å². The standard InChI is InChI=1S/C29H44N2O4/c1-18-12-16-31(17-13-18)28(34)19(2)23-10-14-29(4)15-11-24(20(3)25(29)26(23)32)30-27(33)21-6-8-22(35-5)9-7-21/h6-9,18-20,23-26,32H,10-17H2,1-5H3,(H,30,33). The van der Waals surface area contributed by atoms with Crippen LogP contribution in [0.3, 0.4) is 0 Å². The molecule has 2 aliphatic carbocycles. The fraction of sp³-hybridized carbons (Fsp3) is 0.724. The van der Waals surface area contributed by atoms with Gasteiger partial charge in [-0.25, -0.2) is 0 Å². The summed E-state index contributed by atoms with van der Waals surface area (Å²) >= 11 is 0. The first-order valence-corrected chi connectivity index (χ1v) is 13.6. The smallest absolute Gasteiger partial charge is 0.251 e. The highest BCUT2D eigenvalue weighted by Crippen LogP contribution is 2.55. The molecule has 0 bridgehead atoms. The maximum absolute atomic E-state index is 13.3. The van der Waals surface area contributed by atoms with Crippen molar-refractivity contribution in [1.29, 1.82) is 0 Å². The second-order valence-electron chi connectivity index (χ2n) is 11.9. The zero-order valence-corrected chi connectivity index (χ0v) is 22.1. The second kappa shape index (κ2) is 10.5. The molecule has 7 unspecified atom stereocenters. The lowest BCUT2D eigenvalue weighted by atomic mass is 9.51. The van der Waals surface area contributed by atoms with Crippen molar-refractivity contribution in [3.8, 4) is 5.75 Å². The van der Waals surface area contributed by atoms with E-state index < -0.39 is 6.10 Å². The summed E-state index contributed by atoms with van der Waals surface area (Å²) < 4.78 is 5.20. The van der Waals surface area contributed by atoms with Crippen LogP contribution in [0.5, 0.6) is 5.75 Å². The molecule has 7 atom stereocenters. The Morgan fingerprint density at radius 3 is 2.34 bits per heavy atom. The molecule has 1 saturated heterocycles. The van der Waals surface area contributed by atoms with E-state index in [-0.39, 0.29) is 46.9 Å². The van der Waals surface area contributed by atoms with Crippen molar-refractivity contribution in [3.63, 3.8) is 0 Å². The van der Waals surface area contributed by atoms with Gasteiger partial charge in [0.2, 0.25) is 5.91 Å². The Bertz CT molecular complexity index is 894. The lowest BCUT2D eigenvalue weighted by Crippen LogP contribution is -2.58. The molecule has 194 valence electrons. The van der Waals surface area contributed by atoms with E-state index in [1.807, 2.05) is 11.8 Å². The lowest BCUT2D eigenvalue weighted by Gasteiger charge is -2.56. The predicted molar refractivity (Wildman–Crippen MR) is 137 cm³/mol. The fourth-order valence-electron chi connectivity index (χ4n) is 7.19. The van der Waals surface area contributed by atoms with Crippen LogP contribution in [-0.4, -0.2) is 54.2 Å². The molecular formula is C29H44N2O4. The maximum Gasteiger partial charge on any atom is 0.251 e. The minimum Gasteiger partial charge on any atom is -0.497 e. The first kappa shape index (κ1) is 26.0. The van der Waals surface area contributed by atoms with Gasteiger partial charge in [0.1, 0.15) is 5.75 Å². The molecule has 0 aromatic heterocycles. The molecule has 1 aliphatic heterocycles. The fourth-order valence-corrected chi connectivity index (χ4v) is 7.19. The predicted octanol–water partition coefficient (Wildman–Crippen LogP) is 4.51. The first-order valence-electron chi connectivity index (χ1n) is 13.6. The number of aliphatic hydroxyl groups excluding tert-OH is 1. The molecule has 0 spiro atoms. The van der Waals surface area contributed by atoms with Gasteiger partial charge < -0.3 is 20.1 Å². The number of likely N-dealkylation sites (tertiary alicyclic amines) is 1. The number of nitrogens with one attached hydrogen (secondary N) is 1. The van der Waals surface area contributed by atoms with E-state index in [0.717, 1.165) is 57.4 Å². The zero-order valence-electron chi connectivity index (χ0n) is 22.1. The summed E-state index contributed by atoms with van der Waals surface area (Å²) in [5.41, 5.74) is 0.656. The zero-order chi connectivity index (χ0) is 25.3. The molecular weight excluding hydrogens is 440 g/mol. The number of hydrogen-bond donors (Lipinski definition) is 2. The number of carbonyl (C=O) groups is 2. The number of fused-ring (bicyclic) bond motifs is 1. The monoisotopic (exact) mass is 484 g/mol. The number of ether oxygens (including phenoxy) is 1. The van der Waals surface area contributed by atoms with Crippen LogP contribution >= 0.6 is 0 Å². The van der Waals surface area contributed by atoms with Gasteiger partial charge in [0.15, 0.2) is 0 Å². The van der Waals surface area contributed by atoms with Crippen molar-refractivity contribution < 1.29 is 19.4 Å². The third-order valence-electron chi connectivity index (χ3n) is 9.68. The van der Waals surface area contributed by atoms with Gasteiger partial charge in [-0.1, -0.05) is 27.7 Å². The SMILES string of the molecule is COc1ccc(C(=O)NC2CCC3(C)CCC(C(C)C(=O)N4CCC(C)CC4)C(O)C3C2C)cc1. The number of amides is 2. The van der Waals surface area contributed by atoms with Gasteiger partial charge in [0, 0.05) is 30.6 Å². The van der Waals surface area contributed by atoms with Crippen LogP contribution < -0.4 is 10.1 Å². The van der Waals surface area contributed by atoms with Crippen molar-refractivity contribution >= 4 is 11.8 Å². The normalized spacial score (nSPS) is 34.6. The Labute approximate surface area is 210 Å². The maximum atomic E-state index is 13.3. The van der Waals surface area contributed by atoms with Crippen molar-refractivity contribution in [1.82, 2.24) is 10.2 Å². The van der Waals surface area contributed by atoms with E-state index in [0.29, 0.717) is 11.5 Å². The molecule has 0 radical (unpaired) electrons. The van der Waals surface area contributed by atoms with E-state index in [4.69, 9.17) is 4.74 Å². The third kappa shape index (κ3) is 5.23. The molecule has 2 amide bonds. The molecule has 1 heterocycles. The second-order valence-corrected chi connectivity index (χ2v) is 11.9. The van der Waals surface area contributed by atoms with E-state index in [2.05, 4.69) is 26.1 Å². The van der Waals surface area contributed by atoms with E-state index in [1.165, 1.54) is 0 Å². The van der Waals surface area contributed by atoms with Crippen LogP contribution in [0.25, 0.3) is 0 Å². The van der Waals surface area contributed by atoms with Crippen LogP contribution in [0.15, 0.2) is 24.3 Å². The van der Waals surface area contributed by atoms with Gasteiger partial charge in [-0.05, 0) is 91.9 Å². The van der Waals surface area contributed by atoms with Crippen LogP contribution in [-0.2, 0) is 4.79 Å². The van der Waals surface area contributed by atoms with Gasteiger partial charge in [-0.15, -0.1) is 0 Å². The number of hydrogen-bond acceptors (Lipinski definition) is 4. The lowest BCUT2D eigenvalue weighted by molar-refractivity contribution is -0.151. The highest BCUT2D eigenvalue weighted by atomic mass is 16.5. The van der Waals surface area contributed by atoms with E-state index >= 15 is 0 Å². The minimum atomic E-state index is -0.535. The van der Waals surface area contributed by atoms with Gasteiger partial charge in [-0.3, -0.25) is 9.59 Å². The molecule has 1 aromatic carbocycles. The minimum absolute atomic E-state index is 0.00525.